The van der Waals surface area contributed by atoms with Crippen LogP contribution in [0.15, 0.2) is 0 Å². The predicted octanol–water partition coefficient (Wildman–Crippen LogP) is -3.14. The third kappa shape index (κ3) is 9.16. The van der Waals surface area contributed by atoms with Crippen LogP contribution in [0.4, 0.5) is 0 Å². The first-order valence-corrected chi connectivity index (χ1v) is 1.07. The number of carbonyl (C=O) groups excluding carboxylic acids is 2. The summed E-state index contributed by atoms with van der Waals surface area (Å²) in [6.45, 7) is 0. The van der Waals surface area contributed by atoms with Crippen LogP contribution in [-0.4, -0.2) is 11.9 Å². The molecule has 8 heavy (non-hydrogen) atoms. The Labute approximate surface area is 60.8 Å². The summed E-state index contributed by atoms with van der Waals surface area (Å²) >= 11 is 0. The average molecular weight is 199 g/mol. The standard InChI is InChI=1S/C2H2O4.H3N.Nb/c3-1(4)2(5)6;;/h(H,3,4)(H,5,6);1H3;/q;;+2/p-1. The molecule has 0 atom stereocenters. The number of hydrogen-bond acceptors (Lipinski definition) is 4. The van der Waals surface area contributed by atoms with Gasteiger partial charge in [-0.15, -0.1) is 0 Å². The third-order valence-electron chi connectivity index (χ3n) is 0.167. The summed E-state index contributed by atoms with van der Waals surface area (Å²) in [7, 11) is 0. The number of rotatable bonds is 0. The van der Waals surface area contributed by atoms with Gasteiger partial charge in [0.1, 0.15) is 0 Å². The Balaban J connectivity index is -0.000000125. The molecule has 0 bridgehead atoms. The molecule has 0 aliphatic carbocycles. The minimum Gasteiger partial charge on any atom is -0.543 e. The van der Waals surface area contributed by atoms with Gasteiger partial charge in [0, 0.05) is 0 Å². The minimum absolute atomic E-state index is 0. The maximum atomic E-state index is 8.93. The van der Waals surface area contributed by atoms with Crippen LogP contribution in [0.5, 0.6) is 0 Å². The molecule has 0 aliphatic heterocycles. The van der Waals surface area contributed by atoms with E-state index in [1.54, 1.807) is 0 Å². The molecular weight excluding hydrogens is 195 g/mol. The second-order valence-electron chi connectivity index (χ2n) is 0.575. The number of aliphatic carboxylic acids is 2. The zero-order chi connectivity index (χ0) is 5.15. The molecule has 0 amide bonds. The predicted molar refractivity (Wildman–Crippen MR) is 16.0 cm³/mol. The van der Waals surface area contributed by atoms with Gasteiger partial charge in [-0.25, -0.2) is 0 Å². The van der Waals surface area contributed by atoms with E-state index in [0.717, 1.165) is 0 Å². The third-order valence-corrected chi connectivity index (χ3v) is 0.167. The van der Waals surface area contributed by atoms with Gasteiger partial charge in [0.2, 0.25) is 0 Å². The molecule has 1 radical (unpaired) electrons. The molecule has 0 heterocycles. The summed E-state index contributed by atoms with van der Waals surface area (Å²) in [6.07, 6.45) is 0. The fourth-order valence-corrected chi connectivity index (χ4v) is 0. The normalized spacial score (nSPS) is 5.50. The zero-order valence-corrected chi connectivity index (χ0v) is 6.28. The van der Waals surface area contributed by atoms with Crippen molar-refractivity contribution in [2.24, 2.45) is 0 Å². The molecule has 6 heteroatoms. The number of quaternary nitrogens is 1. The Morgan fingerprint density at radius 3 is 1.12 bits per heavy atom. The van der Waals surface area contributed by atoms with Gasteiger partial charge in [-0.1, -0.05) is 0 Å². The average Bonchev–Trinajstić information content (AvgIpc) is 1.36. The molecule has 5 nitrogen and oxygen atoms in total. The van der Waals surface area contributed by atoms with E-state index >= 15 is 0 Å². The fraction of sp³-hybridized carbons (Fsp3) is 0. The van der Waals surface area contributed by atoms with E-state index < -0.39 is 11.9 Å². The Kier molecular flexibility index (Phi) is 13.0. The van der Waals surface area contributed by atoms with Crippen molar-refractivity contribution in [3.8, 4) is 0 Å². The van der Waals surface area contributed by atoms with Crippen molar-refractivity contribution in [2.45, 2.75) is 0 Å². The van der Waals surface area contributed by atoms with Crippen LogP contribution in [0.1, 0.15) is 0 Å². The summed E-state index contributed by atoms with van der Waals surface area (Å²) in [5, 5.41) is 17.9. The first-order valence-electron chi connectivity index (χ1n) is 1.07. The molecule has 0 aromatic heterocycles. The van der Waals surface area contributed by atoms with Gasteiger partial charge in [-0.05, 0) is 0 Å². The zero-order valence-electron chi connectivity index (χ0n) is 4.08. The molecule has 0 spiro atoms. The minimum atomic E-state index is -2.19. The summed E-state index contributed by atoms with van der Waals surface area (Å²) in [5.41, 5.74) is 0. The molecule has 0 aromatic rings. The van der Waals surface area contributed by atoms with Crippen LogP contribution in [0.2, 0.25) is 0 Å². The number of carboxylic acid groups (broad SMARTS) is 2. The molecule has 0 fully saturated rings. The van der Waals surface area contributed by atoms with Crippen molar-refractivity contribution in [1.82, 2.24) is 6.15 Å². The van der Waals surface area contributed by atoms with Crippen molar-refractivity contribution in [3.05, 3.63) is 0 Å². The fourth-order valence-electron chi connectivity index (χ4n) is 0. The van der Waals surface area contributed by atoms with Crippen LogP contribution >= 0.6 is 0 Å². The molecule has 45 valence electrons. The summed E-state index contributed by atoms with van der Waals surface area (Å²) < 4.78 is 0. The van der Waals surface area contributed by atoms with E-state index in [-0.39, 0.29) is 28.5 Å². The van der Waals surface area contributed by atoms with Gasteiger partial charge in [0.15, 0.2) is 0 Å². The summed E-state index contributed by atoms with van der Waals surface area (Å²) in [5.74, 6) is -4.37. The Morgan fingerprint density at radius 1 is 1.00 bits per heavy atom. The van der Waals surface area contributed by atoms with Crippen molar-refractivity contribution in [3.63, 3.8) is 0 Å². The van der Waals surface area contributed by atoms with E-state index in [9.17, 15) is 0 Å². The molecule has 0 aliphatic rings. The van der Waals surface area contributed by atoms with E-state index in [0.29, 0.717) is 0 Å². The maximum Gasteiger partial charge on any atom is 2.00 e. The Bertz CT molecular complexity index is 80.0. The smallest absolute Gasteiger partial charge is 0.543 e. The first kappa shape index (κ1) is 15.6. The van der Waals surface area contributed by atoms with Crippen molar-refractivity contribution in [2.75, 3.05) is 0 Å². The van der Waals surface area contributed by atoms with Crippen LogP contribution in [-0.2, 0) is 32.0 Å². The second kappa shape index (κ2) is 6.64. The Morgan fingerprint density at radius 2 is 1.12 bits per heavy atom. The van der Waals surface area contributed by atoms with Crippen LogP contribution in [0.3, 0.4) is 0 Å². The van der Waals surface area contributed by atoms with Gasteiger partial charge in [-0.3, -0.25) is 0 Å². The van der Waals surface area contributed by atoms with Crippen LogP contribution < -0.4 is 16.4 Å². The summed E-state index contributed by atoms with van der Waals surface area (Å²) in [4.78, 5) is 17.9. The molecule has 0 aromatic carbocycles. The summed E-state index contributed by atoms with van der Waals surface area (Å²) in [6, 6.07) is 0. The van der Waals surface area contributed by atoms with Crippen molar-refractivity contribution < 1.29 is 42.2 Å². The number of hydrogen-bond donors (Lipinski definition) is 1. The van der Waals surface area contributed by atoms with E-state index in [1.807, 2.05) is 0 Å². The van der Waals surface area contributed by atoms with E-state index in [1.165, 1.54) is 0 Å². The first-order chi connectivity index (χ1) is 2.64. The van der Waals surface area contributed by atoms with Gasteiger partial charge in [0.25, 0.3) is 0 Å². The number of carboxylic acids is 2. The molecule has 0 saturated heterocycles. The maximum absolute atomic E-state index is 8.93. The van der Waals surface area contributed by atoms with Gasteiger partial charge < -0.3 is 26.0 Å². The van der Waals surface area contributed by atoms with Gasteiger partial charge in [0.05, 0.1) is 11.9 Å². The molecule has 0 rings (SSSR count). The monoisotopic (exact) mass is 199 g/mol. The quantitative estimate of drug-likeness (QED) is 0.327. The molecule has 4 N–H and O–H groups in total. The molecule has 0 saturated carbocycles. The van der Waals surface area contributed by atoms with Crippen LogP contribution in [0.25, 0.3) is 0 Å². The largest absolute Gasteiger partial charge is 2.00 e. The molecule has 0 unspecified atom stereocenters. The topological polar surface area (TPSA) is 117 Å². The van der Waals surface area contributed by atoms with Crippen molar-refractivity contribution in [1.29, 1.82) is 0 Å². The van der Waals surface area contributed by atoms with Gasteiger partial charge in [-0.2, -0.15) is 0 Å². The SMILES string of the molecule is O=C([O-])C(=O)[O-].[NH4+].[Nb+2]. The Hall–Kier alpha value is -0.360. The van der Waals surface area contributed by atoms with E-state index in [4.69, 9.17) is 19.8 Å². The van der Waals surface area contributed by atoms with Crippen molar-refractivity contribution >= 4 is 11.9 Å². The van der Waals surface area contributed by atoms with E-state index in [2.05, 4.69) is 0 Å². The number of carbonyl (C=O) groups is 2. The second-order valence-corrected chi connectivity index (χ2v) is 0.575. The van der Waals surface area contributed by atoms with Crippen LogP contribution in [0, 0.1) is 0 Å². The van der Waals surface area contributed by atoms with Gasteiger partial charge >= 0.3 is 22.4 Å². The molecular formula is C2H4NNbO4+.